The Bertz CT molecular complexity index is 762. The van der Waals surface area contributed by atoms with Gasteiger partial charge in [0.1, 0.15) is 0 Å². The van der Waals surface area contributed by atoms with Crippen molar-refractivity contribution in [2.75, 3.05) is 6.61 Å². The van der Waals surface area contributed by atoms with Gasteiger partial charge in [0.25, 0.3) is 0 Å². The van der Waals surface area contributed by atoms with Crippen LogP contribution in [-0.2, 0) is 17.6 Å². The van der Waals surface area contributed by atoms with E-state index in [9.17, 15) is 4.79 Å². The summed E-state index contributed by atoms with van der Waals surface area (Å²) in [5, 5.41) is 0. The van der Waals surface area contributed by atoms with Gasteiger partial charge in [0, 0.05) is 6.42 Å². The second-order valence-corrected chi connectivity index (χ2v) is 5.63. The van der Waals surface area contributed by atoms with Gasteiger partial charge in [-0.1, -0.05) is 66.7 Å². The molecule has 3 aromatic carbocycles. The fraction of sp³-hybridized carbons (Fsp3) is 0.136. The van der Waals surface area contributed by atoms with E-state index in [1.54, 1.807) is 12.1 Å². The van der Waals surface area contributed by atoms with Crippen molar-refractivity contribution >= 4 is 5.97 Å². The number of rotatable bonds is 6. The molecule has 0 saturated heterocycles. The molecule has 0 spiro atoms. The molecule has 0 aliphatic carbocycles. The third kappa shape index (κ3) is 4.56. The quantitative estimate of drug-likeness (QED) is 0.627. The summed E-state index contributed by atoms with van der Waals surface area (Å²) in [5.74, 6) is -0.271. The van der Waals surface area contributed by atoms with Crippen molar-refractivity contribution < 1.29 is 9.53 Å². The Hall–Kier alpha value is -2.87. The predicted molar refractivity (Wildman–Crippen MR) is 95.0 cm³/mol. The molecule has 0 aliphatic heterocycles. The van der Waals surface area contributed by atoms with Crippen LogP contribution in [0.4, 0.5) is 0 Å². The molecule has 2 heteroatoms. The van der Waals surface area contributed by atoms with Crippen LogP contribution in [0.15, 0.2) is 78.9 Å². The highest BCUT2D eigenvalue weighted by atomic mass is 16.5. The van der Waals surface area contributed by atoms with Crippen LogP contribution in [0.5, 0.6) is 0 Å². The number of carbonyl (C=O) groups is 1. The fourth-order valence-corrected chi connectivity index (χ4v) is 2.50. The van der Waals surface area contributed by atoms with E-state index >= 15 is 0 Å². The average molecular weight is 315 g/mol. The van der Waals surface area contributed by atoms with E-state index < -0.39 is 0 Å². The second-order valence-electron chi connectivity index (χ2n) is 5.63. The highest BCUT2D eigenvalue weighted by molar-refractivity contribution is 5.89. The zero-order chi connectivity index (χ0) is 16.6. The van der Waals surface area contributed by atoms with Gasteiger partial charge in [-0.15, -0.1) is 0 Å². The monoisotopic (exact) mass is 315 g/mol. The van der Waals surface area contributed by atoms with E-state index in [-0.39, 0.29) is 5.97 Å². The highest BCUT2D eigenvalue weighted by Crippen LogP contribution is 2.11. The fourth-order valence-electron chi connectivity index (χ4n) is 2.50. The van der Waals surface area contributed by atoms with E-state index in [2.05, 4.69) is 36.4 Å². The van der Waals surface area contributed by atoms with Crippen LogP contribution in [0.3, 0.4) is 0 Å². The Labute approximate surface area is 142 Å². The van der Waals surface area contributed by atoms with Crippen molar-refractivity contribution in [3.8, 4) is 0 Å². The van der Waals surface area contributed by atoms with Crippen LogP contribution >= 0.6 is 0 Å². The first-order chi connectivity index (χ1) is 11.8. The SMILES string of the molecule is O=C(OCCc1ccc(Cc2[c]cccc2)cc1)c1ccccc1. The smallest absolute Gasteiger partial charge is 0.338 e. The van der Waals surface area contributed by atoms with Crippen LogP contribution in [0.1, 0.15) is 27.0 Å². The van der Waals surface area contributed by atoms with Crippen LogP contribution in [-0.4, -0.2) is 12.6 Å². The molecule has 3 rings (SSSR count). The summed E-state index contributed by atoms with van der Waals surface area (Å²) in [4.78, 5) is 11.9. The van der Waals surface area contributed by atoms with Crippen molar-refractivity contribution in [1.82, 2.24) is 0 Å². The third-order valence-corrected chi connectivity index (χ3v) is 3.82. The summed E-state index contributed by atoms with van der Waals surface area (Å²) in [6, 6.07) is 28.8. The van der Waals surface area contributed by atoms with Crippen LogP contribution < -0.4 is 0 Å². The average Bonchev–Trinajstić information content (AvgIpc) is 2.65. The van der Waals surface area contributed by atoms with Gasteiger partial charge in [0.05, 0.1) is 12.2 Å². The van der Waals surface area contributed by atoms with Crippen LogP contribution in [0.2, 0.25) is 0 Å². The standard InChI is InChI=1S/C22H19O2/c23-22(21-9-5-2-6-10-21)24-16-15-18-11-13-20(14-12-18)17-19-7-3-1-4-8-19/h1-7,9-14H,15-17H2. The molecule has 0 heterocycles. The molecule has 0 aromatic heterocycles. The minimum Gasteiger partial charge on any atom is -0.462 e. The summed E-state index contributed by atoms with van der Waals surface area (Å²) < 4.78 is 5.31. The van der Waals surface area contributed by atoms with Crippen molar-refractivity contribution in [3.63, 3.8) is 0 Å². The minimum atomic E-state index is -0.271. The topological polar surface area (TPSA) is 26.3 Å². The molecule has 2 nitrogen and oxygen atoms in total. The summed E-state index contributed by atoms with van der Waals surface area (Å²) in [6.07, 6.45) is 1.60. The Balaban J connectivity index is 1.49. The Kier molecular flexibility index (Phi) is 5.41. The first kappa shape index (κ1) is 16.0. The van der Waals surface area contributed by atoms with Crippen molar-refractivity contribution in [2.45, 2.75) is 12.8 Å². The number of hydrogen-bond donors (Lipinski definition) is 0. The number of hydrogen-bond acceptors (Lipinski definition) is 2. The minimum absolute atomic E-state index is 0.271. The molecule has 0 saturated carbocycles. The molecule has 0 atom stereocenters. The summed E-state index contributed by atoms with van der Waals surface area (Å²) in [6.45, 7) is 0.388. The Morgan fingerprint density at radius 3 is 2.25 bits per heavy atom. The summed E-state index contributed by atoms with van der Waals surface area (Å²) >= 11 is 0. The lowest BCUT2D eigenvalue weighted by Crippen LogP contribution is -2.08. The molecule has 0 N–H and O–H groups in total. The van der Waals surface area contributed by atoms with Gasteiger partial charge in [-0.25, -0.2) is 4.79 Å². The normalized spacial score (nSPS) is 10.3. The maximum atomic E-state index is 11.9. The number of ether oxygens (including phenoxy) is 1. The number of benzene rings is 3. The number of esters is 1. The largest absolute Gasteiger partial charge is 0.462 e. The number of carbonyl (C=O) groups excluding carboxylic acids is 1. The maximum Gasteiger partial charge on any atom is 0.338 e. The molecule has 119 valence electrons. The van der Waals surface area contributed by atoms with E-state index in [0.29, 0.717) is 12.2 Å². The van der Waals surface area contributed by atoms with E-state index in [1.807, 2.05) is 36.4 Å². The lowest BCUT2D eigenvalue weighted by Gasteiger charge is -2.06. The van der Waals surface area contributed by atoms with Gasteiger partial charge in [-0.3, -0.25) is 0 Å². The van der Waals surface area contributed by atoms with Gasteiger partial charge in [0.15, 0.2) is 0 Å². The zero-order valence-corrected chi connectivity index (χ0v) is 13.4. The zero-order valence-electron chi connectivity index (χ0n) is 13.4. The third-order valence-electron chi connectivity index (χ3n) is 3.82. The van der Waals surface area contributed by atoms with Gasteiger partial charge in [0.2, 0.25) is 0 Å². The molecule has 3 aromatic rings. The predicted octanol–water partition coefficient (Wildman–Crippen LogP) is 4.48. The van der Waals surface area contributed by atoms with Crippen LogP contribution in [0.25, 0.3) is 0 Å². The first-order valence-electron chi connectivity index (χ1n) is 8.07. The van der Waals surface area contributed by atoms with Gasteiger partial charge >= 0.3 is 5.97 Å². The van der Waals surface area contributed by atoms with Gasteiger partial charge in [-0.05, 0) is 41.3 Å². The highest BCUT2D eigenvalue weighted by Gasteiger charge is 2.05. The molecular formula is C22H19O2. The van der Waals surface area contributed by atoms with E-state index in [1.165, 1.54) is 11.1 Å². The van der Waals surface area contributed by atoms with Crippen LogP contribution in [0, 0.1) is 6.07 Å². The van der Waals surface area contributed by atoms with Gasteiger partial charge < -0.3 is 4.74 Å². The van der Waals surface area contributed by atoms with Crippen molar-refractivity contribution in [2.24, 2.45) is 0 Å². The van der Waals surface area contributed by atoms with Crippen molar-refractivity contribution in [1.29, 1.82) is 0 Å². The molecule has 24 heavy (non-hydrogen) atoms. The second kappa shape index (κ2) is 8.11. The van der Waals surface area contributed by atoms with E-state index in [4.69, 9.17) is 4.74 Å². The molecule has 0 bridgehead atoms. The van der Waals surface area contributed by atoms with Gasteiger partial charge in [-0.2, -0.15) is 0 Å². The lowest BCUT2D eigenvalue weighted by atomic mass is 10.0. The summed E-state index contributed by atoms with van der Waals surface area (Å²) in [7, 11) is 0. The maximum absolute atomic E-state index is 11.9. The summed E-state index contributed by atoms with van der Waals surface area (Å²) in [5.41, 5.74) is 4.19. The first-order valence-corrected chi connectivity index (χ1v) is 8.07. The Morgan fingerprint density at radius 1 is 0.833 bits per heavy atom. The molecular weight excluding hydrogens is 296 g/mol. The molecule has 0 amide bonds. The molecule has 0 aliphatic rings. The lowest BCUT2D eigenvalue weighted by molar-refractivity contribution is 0.0509. The molecule has 1 radical (unpaired) electrons. The molecule has 0 unspecified atom stereocenters. The Morgan fingerprint density at radius 2 is 1.54 bits per heavy atom. The molecule has 0 fully saturated rings. The van der Waals surface area contributed by atoms with E-state index in [0.717, 1.165) is 18.4 Å². The van der Waals surface area contributed by atoms with Crippen molar-refractivity contribution in [3.05, 3.63) is 107 Å².